The largest absolute Gasteiger partial charge is 0.493 e. The van der Waals surface area contributed by atoms with Gasteiger partial charge in [0.1, 0.15) is 30.2 Å². The molecule has 23 heteroatoms. The van der Waals surface area contributed by atoms with Crippen LogP contribution in [0.5, 0.6) is 17.2 Å². The first-order valence-corrected chi connectivity index (χ1v) is 27.9. The Morgan fingerprint density at radius 3 is 2.22 bits per heavy atom. The number of thiazole rings is 1. The van der Waals surface area contributed by atoms with Crippen molar-refractivity contribution < 1.29 is 56.4 Å². The SMILES string of the molecule is CCCOc1cccc(Oc2cc3c(cc2NS(=O)(=O)c2cccc(C(=O)NCCOCCOCCOCC(=O)NC(C(=O)N4C[C@H](O)C[C@H]4C(=O)NCc4ccc(-c5scnc5C)cc4)C(C)(C)C)c2)n(C)c(=O)n3C)c1. The van der Waals surface area contributed by atoms with E-state index in [1.165, 1.54) is 44.4 Å². The van der Waals surface area contributed by atoms with Gasteiger partial charge in [0.25, 0.3) is 15.9 Å². The van der Waals surface area contributed by atoms with Crippen LogP contribution in [0.25, 0.3) is 21.5 Å². The van der Waals surface area contributed by atoms with Crippen molar-refractivity contribution in [2.75, 3.05) is 64.1 Å². The van der Waals surface area contributed by atoms with Gasteiger partial charge in [-0.2, -0.15) is 0 Å². The maximum atomic E-state index is 14.0. The third kappa shape index (κ3) is 15.1. The molecule has 0 bridgehead atoms. The van der Waals surface area contributed by atoms with E-state index in [1.54, 1.807) is 82.0 Å². The van der Waals surface area contributed by atoms with Crippen molar-refractivity contribution in [1.29, 1.82) is 0 Å². The molecule has 0 radical (unpaired) electrons. The Balaban J connectivity index is 0.809. The topological polar surface area (TPSA) is 260 Å². The molecule has 1 aliphatic heterocycles. The number of aliphatic hydroxyl groups excluding tert-OH is 1. The van der Waals surface area contributed by atoms with Crippen LogP contribution in [-0.2, 0) is 59.3 Å². The van der Waals surface area contributed by atoms with Gasteiger partial charge in [-0.1, -0.05) is 64.1 Å². The number of hydrogen-bond donors (Lipinski definition) is 5. The van der Waals surface area contributed by atoms with E-state index >= 15 is 0 Å². The lowest BCUT2D eigenvalue weighted by atomic mass is 9.85. The minimum Gasteiger partial charge on any atom is -0.493 e. The van der Waals surface area contributed by atoms with Gasteiger partial charge in [-0.3, -0.25) is 33.0 Å². The zero-order chi connectivity index (χ0) is 56.1. The Labute approximate surface area is 457 Å². The molecule has 4 amide bonds. The van der Waals surface area contributed by atoms with Crippen LogP contribution in [0.15, 0.2) is 100 Å². The van der Waals surface area contributed by atoms with E-state index in [1.807, 2.05) is 38.1 Å². The maximum Gasteiger partial charge on any atom is 0.328 e. The van der Waals surface area contributed by atoms with Gasteiger partial charge in [0.05, 0.1) is 83.4 Å². The number of ether oxygens (including phenoxy) is 5. The number of β-amino-alcohol motifs (C(OH)–C–C–N with tert-alkyl or cyclic N) is 1. The zero-order valence-corrected chi connectivity index (χ0v) is 46.5. The van der Waals surface area contributed by atoms with Crippen molar-refractivity contribution in [2.45, 2.75) is 77.1 Å². The van der Waals surface area contributed by atoms with Gasteiger partial charge in [0.15, 0.2) is 5.75 Å². The first-order chi connectivity index (χ1) is 37.2. The van der Waals surface area contributed by atoms with Crippen molar-refractivity contribution in [3.05, 3.63) is 118 Å². The average Bonchev–Trinajstić information content (AvgIpc) is 4.25. The number of nitrogens with one attached hydrogen (secondary N) is 4. The van der Waals surface area contributed by atoms with Crippen LogP contribution in [0.2, 0.25) is 0 Å². The maximum absolute atomic E-state index is 14.0. The van der Waals surface area contributed by atoms with E-state index in [9.17, 15) is 37.5 Å². The lowest BCUT2D eigenvalue weighted by molar-refractivity contribution is -0.144. The molecule has 5 N–H and O–H groups in total. The van der Waals surface area contributed by atoms with Crippen LogP contribution in [0, 0.1) is 12.3 Å². The van der Waals surface area contributed by atoms with Gasteiger partial charge in [0.2, 0.25) is 17.7 Å². The number of anilines is 1. The third-order valence-electron chi connectivity index (χ3n) is 12.8. The molecule has 0 aliphatic carbocycles. The molecule has 2 aromatic heterocycles. The molecule has 1 aliphatic rings. The number of rotatable bonds is 26. The molecule has 21 nitrogen and oxygen atoms in total. The average molecular weight is 1110 g/mol. The highest BCUT2D eigenvalue weighted by Gasteiger charge is 2.44. The van der Waals surface area contributed by atoms with Crippen LogP contribution >= 0.6 is 11.3 Å². The van der Waals surface area contributed by atoms with Crippen LogP contribution in [0.1, 0.15) is 62.2 Å². The van der Waals surface area contributed by atoms with Gasteiger partial charge >= 0.3 is 5.69 Å². The number of aryl methyl sites for hydroxylation is 3. The van der Waals surface area contributed by atoms with Gasteiger partial charge < -0.3 is 49.6 Å². The molecule has 7 rings (SSSR count). The summed E-state index contributed by atoms with van der Waals surface area (Å²) in [5.74, 6) is -0.873. The summed E-state index contributed by atoms with van der Waals surface area (Å²) < 4.78 is 61.8. The molecule has 6 aromatic rings. The number of likely N-dealkylation sites (tertiary alicyclic amines) is 1. The van der Waals surface area contributed by atoms with E-state index in [4.69, 9.17) is 23.7 Å². The number of fused-ring (bicyclic) bond motifs is 1. The van der Waals surface area contributed by atoms with E-state index < -0.39 is 57.3 Å². The fourth-order valence-corrected chi connectivity index (χ4v) is 10.5. The first-order valence-electron chi connectivity index (χ1n) is 25.5. The molecule has 418 valence electrons. The van der Waals surface area contributed by atoms with E-state index in [0.717, 1.165) is 28.1 Å². The quantitative estimate of drug-likeness (QED) is 0.0433. The zero-order valence-electron chi connectivity index (χ0n) is 44.8. The number of carbonyl (C=O) groups is 4. The van der Waals surface area contributed by atoms with Gasteiger partial charge in [-0.05, 0) is 66.3 Å². The number of amides is 4. The van der Waals surface area contributed by atoms with Crippen molar-refractivity contribution in [3.63, 3.8) is 0 Å². The predicted octanol–water partition coefficient (Wildman–Crippen LogP) is 5.28. The highest BCUT2D eigenvalue weighted by Crippen LogP contribution is 2.36. The number of nitrogens with zero attached hydrogens (tertiary/aromatic N) is 4. The predicted molar refractivity (Wildman–Crippen MR) is 294 cm³/mol. The molecule has 1 unspecified atom stereocenters. The Kier molecular flexibility index (Phi) is 19.9. The van der Waals surface area contributed by atoms with Crippen molar-refractivity contribution in [3.8, 4) is 27.7 Å². The van der Waals surface area contributed by atoms with Gasteiger partial charge in [-0.25, -0.2) is 18.2 Å². The minimum atomic E-state index is -4.30. The molecule has 0 spiro atoms. The number of sulfonamides is 1. The first kappa shape index (κ1) is 58.5. The molecular weight excluding hydrogens is 1040 g/mol. The summed E-state index contributed by atoms with van der Waals surface area (Å²) in [7, 11) is -1.11. The molecule has 1 saturated heterocycles. The summed E-state index contributed by atoms with van der Waals surface area (Å²) in [5.41, 5.74) is 4.71. The highest BCUT2D eigenvalue weighted by atomic mass is 32.2. The van der Waals surface area contributed by atoms with Crippen LogP contribution in [0.3, 0.4) is 0 Å². The van der Waals surface area contributed by atoms with E-state index in [0.29, 0.717) is 29.1 Å². The Morgan fingerprint density at radius 1 is 0.846 bits per heavy atom. The Hall–Kier alpha value is -7.15. The summed E-state index contributed by atoms with van der Waals surface area (Å²) >= 11 is 1.56. The van der Waals surface area contributed by atoms with E-state index in [2.05, 4.69) is 25.7 Å². The molecule has 0 saturated carbocycles. The highest BCUT2D eigenvalue weighted by molar-refractivity contribution is 7.92. The number of imidazole rings is 1. The second kappa shape index (κ2) is 26.5. The van der Waals surface area contributed by atoms with Crippen molar-refractivity contribution >= 4 is 61.7 Å². The van der Waals surface area contributed by atoms with Crippen LogP contribution < -0.4 is 35.8 Å². The summed E-state index contributed by atoms with van der Waals surface area (Å²) in [5, 5.41) is 19.0. The fraction of sp³-hybridized carbons (Fsp3) is 0.418. The molecule has 3 atom stereocenters. The number of aromatic nitrogens is 3. The third-order valence-corrected chi connectivity index (χ3v) is 15.1. The molecular formula is C55H68N8O13S2. The van der Waals surface area contributed by atoms with Crippen molar-refractivity contribution in [2.24, 2.45) is 19.5 Å². The monoisotopic (exact) mass is 1110 g/mol. The van der Waals surface area contributed by atoms with Crippen molar-refractivity contribution in [1.82, 2.24) is 35.0 Å². The number of hydrogen-bond acceptors (Lipinski definition) is 15. The number of carbonyl (C=O) groups excluding carboxylic acids is 4. The van der Waals surface area contributed by atoms with Crippen LogP contribution in [-0.4, -0.2) is 134 Å². The minimum absolute atomic E-state index is 0.0529. The lowest BCUT2D eigenvalue weighted by Gasteiger charge is -2.35. The van der Waals surface area contributed by atoms with E-state index in [-0.39, 0.29) is 93.3 Å². The van der Waals surface area contributed by atoms with Gasteiger partial charge in [-0.15, -0.1) is 11.3 Å². The molecule has 4 aromatic carbocycles. The summed E-state index contributed by atoms with van der Waals surface area (Å²) in [6, 6.07) is 21.4. The summed E-state index contributed by atoms with van der Waals surface area (Å²) in [6.45, 7) is 10.5. The lowest BCUT2D eigenvalue weighted by Crippen LogP contribution is -2.58. The smallest absolute Gasteiger partial charge is 0.328 e. The molecule has 3 heterocycles. The molecule has 78 heavy (non-hydrogen) atoms. The number of aliphatic hydroxyl groups is 1. The standard InChI is InChI=1S/C55H68N8O13S2/c1-8-20-75-40-12-10-13-41(28-40)76-47-30-45-44(61(6)54(69)62(45)7)29-43(47)60-78(70,71)42-14-9-11-38(26-42)51(66)56-19-21-72-22-23-73-24-25-74-33-48(65)59-50(55(3,4)5)53(68)63-32-39(64)27-46(63)52(67)57-31-36-15-17-37(18-16-36)49-35(2)58-34-77-49/h9-18,26,28-30,34,39,46,50,60,64H,8,19-25,27,31-33H2,1-7H3,(H,56,66)(H,57,67)(H,59,65)/t39-,46+,50?/m1/s1. The fourth-order valence-electron chi connectivity index (χ4n) is 8.60. The molecule has 1 fully saturated rings. The van der Waals surface area contributed by atoms with Gasteiger partial charge in [0, 0.05) is 57.8 Å². The Morgan fingerprint density at radius 2 is 1.53 bits per heavy atom. The second-order valence-corrected chi connectivity index (χ2v) is 22.3. The summed E-state index contributed by atoms with van der Waals surface area (Å²) in [6.07, 6.45) is -0.0394. The second-order valence-electron chi connectivity index (χ2n) is 19.8. The Bertz CT molecular complexity index is 3240. The number of benzene rings is 4. The normalized spacial score (nSPS) is 15.0. The van der Waals surface area contributed by atoms with Crippen LogP contribution in [0.4, 0.5) is 5.69 Å². The summed E-state index contributed by atoms with van der Waals surface area (Å²) in [4.78, 5) is 73.0.